The fourth-order valence-corrected chi connectivity index (χ4v) is 2.59. The molecule has 0 bridgehead atoms. The standard InChI is InChI=1S/C14H24N4O/c1-3-7-18-9-6-15-13(14(18)19)16-10-12-5-8-17(4-2)11-12/h6,9,12H,3-5,7-8,10-11H2,1-2H3,(H,15,16). The van der Waals surface area contributed by atoms with Crippen molar-refractivity contribution < 1.29 is 0 Å². The van der Waals surface area contributed by atoms with Crippen LogP contribution < -0.4 is 10.9 Å². The molecule has 1 aromatic rings. The van der Waals surface area contributed by atoms with Crippen LogP contribution >= 0.6 is 0 Å². The number of likely N-dealkylation sites (tertiary alicyclic amines) is 1. The number of hydrogen-bond donors (Lipinski definition) is 1. The third kappa shape index (κ3) is 3.56. The first-order valence-electron chi connectivity index (χ1n) is 7.26. The van der Waals surface area contributed by atoms with E-state index >= 15 is 0 Å². The maximum atomic E-state index is 12.1. The Balaban J connectivity index is 1.93. The zero-order valence-corrected chi connectivity index (χ0v) is 11.9. The number of anilines is 1. The summed E-state index contributed by atoms with van der Waals surface area (Å²) < 4.78 is 1.72. The van der Waals surface area contributed by atoms with E-state index in [1.165, 1.54) is 13.0 Å². The lowest BCUT2D eigenvalue weighted by atomic mass is 10.1. The van der Waals surface area contributed by atoms with Crippen LogP contribution in [-0.2, 0) is 6.54 Å². The molecule has 1 atom stereocenters. The summed E-state index contributed by atoms with van der Waals surface area (Å²) in [6.07, 6.45) is 5.62. The van der Waals surface area contributed by atoms with Crippen molar-refractivity contribution in [1.82, 2.24) is 14.5 Å². The van der Waals surface area contributed by atoms with Gasteiger partial charge in [-0.15, -0.1) is 0 Å². The summed E-state index contributed by atoms with van der Waals surface area (Å²) in [7, 11) is 0. The molecule has 5 nitrogen and oxygen atoms in total. The summed E-state index contributed by atoms with van der Waals surface area (Å²) in [5.74, 6) is 1.12. The van der Waals surface area contributed by atoms with Gasteiger partial charge >= 0.3 is 0 Å². The van der Waals surface area contributed by atoms with Crippen molar-refractivity contribution in [2.45, 2.75) is 33.2 Å². The minimum absolute atomic E-state index is 0.00491. The average Bonchev–Trinajstić information content (AvgIpc) is 2.88. The number of nitrogens with one attached hydrogen (secondary N) is 1. The number of hydrogen-bond acceptors (Lipinski definition) is 4. The summed E-state index contributed by atoms with van der Waals surface area (Å²) in [5.41, 5.74) is -0.00491. The molecule has 2 heterocycles. The molecule has 0 radical (unpaired) electrons. The topological polar surface area (TPSA) is 50.2 Å². The molecule has 106 valence electrons. The van der Waals surface area contributed by atoms with Gasteiger partial charge in [-0.1, -0.05) is 13.8 Å². The van der Waals surface area contributed by atoms with Gasteiger partial charge in [-0.2, -0.15) is 0 Å². The molecular formula is C14H24N4O. The number of nitrogens with zero attached hydrogens (tertiary/aromatic N) is 3. The first-order valence-corrected chi connectivity index (χ1v) is 7.26. The van der Waals surface area contributed by atoms with Crippen molar-refractivity contribution in [1.29, 1.82) is 0 Å². The summed E-state index contributed by atoms with van der Waals surface area (Å²) in [6, 6.07) is 0. The molecule has 19 heavy (non-hydrogen) atoms. The van der Waals surface area contributed by atoms with Gasteiger partial charge in [-0.3, -0.25) is 4.79 Å². The van der Waals surface area contributed by atoms with Crippen molar-refractivity contribution >= 4 is 5.82 Å². The van der Waals surface area contributed by atoms with Gasteiger partial charge in [0.2, 0.25) is 0 Å². The van der Waals surface area contributed by atoms with E-state index in [9.17, 15) is 4.79 Å². The van der Waals surface area contributed by atoms with E-state index in [-0.39, 0.29) is 5.56 Å². The molecule has 0 spiro atoms. The Morgan fingerprint density at radius 2 is 2.32 bits per heavy atom. The lowest BCUT2D eigenvalue weighted by molar-refractivity contribution is 0.345. The van der Waals surface area contributed by atoms with Crippen LogP contribution in [0.25, 0.3) is 0 Å². The predicted molar refractivity (Wildman–Crippen MR) is 77.5 cm³/mol. The van der Waals surface area contributed by atoms with Gasteiger partial charge in [0.25, 0.3) is 5.56 Å². The molecule has 1 saturated heterocycles. The zero-order chi connectivity index (χ0) is 13.7. The van der Waals surface area contributed by atoms with E-state index in [0.717, 1.165) is 32.6 Å². The second-order valence-corrected chi connectivity index (χ2v) is 5.20. The van der Waals surface area contributed by atoms with Crippen LogP contribution in [0.4, 0.5) is 5.82 Å². The van der Waals surface area contributed by atoms with Crippen molar-refractivity contribution in [3.05, 3.63) is 22.7 Å². The van der Waals surface area contributed by atoms with E-state index in [1.807, 2.05) is 0 Å². The predicted octanol–water partition coefficient (Wildman–Crippen LogP) is 1.41. The average molecular weight is 264 g/mol. The lowest BCUT2D eigenvalue weighted by Gasteiger charge is -2.14. The van der Waals surface area contributed by atoms with Gasteiger partial charge in [0.1, 0.15) is 0 Å². The number of aromatic nitrogens is 2. The van der Waals surface area contributed by atoms with Gasteiger partial charge in [0.05, 0.1) is 0 Å². The summed E-state index contributed by atoms with van der Waals surface area (Å²) in [6.45, 7) is 9.27. The van der Waals surface area contributed by atoms with Crippen molar-refractivity contribution in [3.63, 3.8) is 0 Å². The van der Waals surface area contributed by atoms with Gasteiger partial charge < -0.3 is 14.8 Å². The maximum Gasteiger partial charge on any atom is 0.293 e. The SMILES string of the molecule is CCCn1ccnc(NCC2CCN(CC)C2)c1=O. The van der Waals surface area contributed by atoms with Crippen LogP contribution in [0.2, 0.25) is 0 Å². The van der Waals surface area contributed by atoms with Gasteiger partial charge in [-0.25, -0.2) is 4.98 Å². The molecular weight excluding hydrogens is 240 g/mol. The Morgan fingerprint density at radius 3 is 3.00 bits per heavy atom. The molecule has 1 N–H and O–H groups in total. The second kappa shape index (κ2) is 6.70. The van der Waals surface area contributed by atoms with Crippen molar-refractivity contribution in [2.75, 3.05) is 31.5 Å². The molecule has 2 rings (SSSR count). The molecule has 0 aromatic carbocycles. The Hall–Kier alpha value is -1.36. The zero-order valence-electron chi connectivity index (χ0n) is 11.9. The van der Waals surface area contributed by atoms with Crippen LogP contribution in [0, 0.1) is 5.92 Å². The van der Waals surface area contributed by atoms with Crippen LogP contribution in [0.1, 0.15) is 26.7 Å². The first kappa shape index (κ1) is 14.1. The van der Waals surface area contributed by atoms with E-state index in [0.29, 0.717) is 11.7 Å². The minimum atomic E-state index is -0.00491. The summed E-state index contributed by atoms with van der Waals surface area (Å²) >= 11 is 0. The highest BCUT2D eigenvalue weighted by Gasteiger charge is 2.21. The molecule has 1 fully saturated rings. The van der Waals surface area contributed by atoms with Crippen LogP contribution in [-0.4, -0.2) is 40.6 Å². The summed E-state index contributed by atoms with van der Waals surface area (Å²) in [4.78, 5) is 18.7. The van der Waals surface area contributed by atoms with E-state index in [1.54, 1.807) is 17.0 Å². The Bertz CT molecular complexity index is 457. The molecule has 1 aliphatic rings. The Labute approximate surface area is 114 Å². The highest BCUT2D eigenvalue weighted by Crippen LogP contribution is 2.15. The molecule has 1 aliphatic heterocycles. The third-order valence-corrected chi connectivity index (χ3v) is 3.75. The van der Waals surface area contributed by atoms with Crippen molar-refractivity contribution in [3.8, 4) is 0 Å². The normalized spacial score (nSPS) is 19.8. The van der Waals surface area contributed by atoms with E-state index in [4.69, 9.17) is 0 Å². The number of rotatable bonds is 6. The quantitative estimate of drug-likeness (QED) is 0.844. The van der Waals surface area contributed by atoms with Crippen LogP contribution in [0.3, 0.4) is 0 Å². The fourth-order valence-electron chi connectivity index (χ4n) is 2.59. The molecule has 1 unspecified atom stereocenters. The van der Waals surface area contributed by atoms with E-state index in [2.05, 4.69) is 29.0 Å². The second-order valence-electron chi connectivity index (χ2n) is 5.20. The van der Waals surface area contributed by atoms with Gasteiger partial charge in [-0.05, 0) is 31.8 Å². The number of aryl methyl sites for hydroxylation is 1. The molecule has 5 heteroatoms. The molecule has 0 aliphatic carbocycles. The maximum absolute atomic E-state index is 12.1. The van der Waals surface area contributed by atoms with Crippen LogP contribution in [0.5, 0.6) is 0 Å². The Kier molecular flexibility index (Phi) is 4.96. The summed E-state index contributed by atoms with van der Waals surface area (Å²) in [5, 5.41) is 3.23. The fraction of sp³-hybridized carbons (Fsp3) is 0.714. The molecule has 1 aromatic heterocycles. The van der Waals surface area contributed by atoms with Crippen molar-refractivity contribution in [2.24, 2.45) is 5.92 Å². The smallest absolute Gasteiger partial charge is 0.293 e. The third-order valence-electron chi connectivity index (χ3n) is 3.75. The van der Waals surface area contributed by atoms with Gasteiger partial charge in [0, 0.05) is 32.0 Å². The highest BCUT2D eigenvalue weighted by molar-refractivity contribution is 5.30. The molecule has 0 saturated carbocycles. The largest absolute Gasteiger partial charge is 0.365 e. The Morgan fingerprint density at radius 1 is 1.47 bits per heavy atom. The van der Waals surface area contributed by atoms with E-state index < -0.39 is 0 Å². The first-order chi connectivity index (χ1) is 9.24. The van der Waals surface area contributed by atoms with Crippen LogP contribution in [0.15, 0.2) is 17.2 Å². The minimum Gasteiger partial charge on any atom is -0.365 e. The highest BCUT2D eigenvalue weighted by atomic mass is 16.1. The van der Waals surface area contributed by atoms with Gasteiger partial charge in [0.15, 0.2) is 5.82 Å². The lowest BCUT2D eigenvalue weighted by Crippen LogP contribution is -2.27. The monoisotopic (exact) mass is 264 g/mol. The molecule has 0 amide bonds.